The number of aromatic nitrogens is 1. The van der Waals surface area contributed by atoms with Gasteiger partial charge in [0.1, 0.15) is 6.07 Å². The van der Waals surface area contributed by atoms with Crippen LogP contribution in [0.5, 0.6) is 5.75 Å². The normalized spacial score (nSPS) is 18.7. The molecule has 1 fully saturated rings. The zero-order valence-corrected chi connectivity index (χ0v) is 22.6. The molecule has 2 atom stereocenters. The second kappa shape index (κ2) is 9.76. The molecule has 9 heteroatoms. The Bertz CT molecular complexity index is 1630. The molecule has 2 aliphatic rings. The molecule has 0 aliphatic carbocycles. The lowest BCUT2D eigenvalue weighted by atomic mass is 9.98. The quantitative estimate of drug-likeness (QED) is 0.196. The molecule has 0 radical (unpaired) electrons. The van der Waals surface area contributed by atoms with E-state index in [1.54, 1.807) is 12.3 Å². The lowest BCUT2D eigenvalue weighted by molar-refractivity contribution is 0.0735. The lowest BCUT2D eigenvalue weighted by Crippen LogP contribution is -2.51. The highest BCUT2D eigenvalue weighted by Gasteiger charge is 2.39. The highest BCUT2D eigenvalue weighted by atomic mass is 35.5. The number of nitriles is 1. The minimum absolute atomic E-state index is 0.0917. The smallest absolute Gasteiger partial charge is 0.343 e. The summed E-state index contributed by atoms with van der Waals surface area (Å²) < 4.78 is 5.54. The van der Waals surface area contributed by atoms with Crippen molar-refractivity contribution in [3.05, 3.63) is 98.1 Å². The zero-order chi connectivity index (χ0) is 26.6. The first-order valence-corrected chi connectivity index (χ1v) is 13.3. The summed E-state index contributed by atoms with van der Waals surface area (Å²) >= 11 is 18.4. The van der Waals surface area contributed by atoms with E-state index in [2.05, 4.69) is 27.8 Å². The predicted molar refractivity (Wildman–Crippen MR) is 149 cm³/mol. The van der Waals surface area contributed by atoms with Gasteiger partial charge in [0.25, 0.3) is 0 Å². The Morgan fingerprint density at radius 1 is 1.08 bits per heavy atom. The fourth-order valence-electron chi connectivity index (χ4n) is 5.55. The highest BCUT2D eigenvalue weighted by molar-refractivity contribution is 6.40. The number of anilines is 1. The lowest BCUT2D eigenvalue weighted by Gasteiger charge is -2.43. The number of ether oxygens (including phenoxy) is 1. The third-order valence-corrected chi connectivity index (χ3v) is 8.08. The van der Waals surface area contributed by atoms with Crippen LogP contribution < -0.4 is 9.64 Å². The van der Waals surface area contributed by atoms with Gasteiger partial charge in [0, 0.05) is 48.0 Å². The standard InChI is InChI=1S/C29H21Cl3N4O2/c1-16-13-35(25-7-5-18(12-33)27-22(25)3-2-8-34-27)15-26-21-6-4-17(9-19(21)14-36(16)26)29(37)38-28-23(31)10-20(30)11-24(28)32/h2-11,16,26H,13-15H2,1H3. The minimum atomic E-state index is -0.532. The number of esters is 1. The van der Waals surface area contributed by atoms with Crippen molar-refractivity contribution in [2.75, 3.05) is 18.0 Å². The average molecular weight is 564 g/mol. The van der Waals surface area contributed by atoms with Crippen LogP contribution in [0, 0.1) is 11.3 Å². The number of fused-ring (bicyclic) bond motifs is 4. The third kappa shape index (κ3) is 4.26. The van der Waals surface area contributed by atoms with Gasteiger partial charge in [-0.05, 0) is 66.6 Å². The van der Waals surface area contributed by atoms with Crippen LogP contribution in [0.3, 0.4) is 0 Å². The molecule has 190 valence electrons. The number of benzene rings is 3. The van der Waals surface area contributed by atoms with Gasteiger partial charge in [0.2, 0.25) is 0 Å². The summed E-state index contributed by atoms with van der Waals surface area (Å²) in [7, 11) is 0. The zero-order valence-electron chi connectivity index (χ0n) is 20.3. The van der Waals surface area contributed by atoms with E-state index in [0.717, 1.165) is 41.8 Å². The first kappa shape index (κ1) is 25.0. The largest absolute Gasteiger partial charge is 0.420 e. The Morgan fingerprint density at radius 2 is 1.87 bits per heavy atom. The topological polar surface area (TPSA) is 69.5 Å². The number of carbonyl (C=O) groups excluding carboxylic acids is 1. The van der Waals surface area contributed by atoms with Crippen LogP contribution in [0.25, 0.3) is 10.9 Å². The van der Waals surface area contributed by atoms with Gasteiger partial charge in [0.15, 0.2) is 5.75 Å². The monoisotopic (exact) mass is 562 g/mol. The number of hydrogen-bond donors (Lipinski definition) is 0. The summed E-state index contributed by atoms with van der Waals surface area (Å²) in [6, 6.07) is 19.1. The van der Waals surface area contributed by atoms with Crippen molar-refractivity contribution in [2.24, 2.45) is 0 Å². The average Bonchev–Trinajstić information content (AvgIpc) is 3.28. The Labute approximate surface area is 234 Å². The predicted octanol–water partition coefficient (Wildman–Crippen LogP) is 7.05. The van der Waals surface area contributed by atoms with Crippen molar-refractivity contribution in [1.82, 2.24) is 9.88 Å². The van der Waals surface area contributed by atoms with Gasteiger partial charge < -0.3 is 9.64 Å². The van der Waals surface area contributed by atoms with E-state index in [-0.39, 0.29) is 27.9 Å². The maximum atomic E-state index is 13.0. The molecular formula is C29H21Cl3N4O2. The summed E-state index contributed by atoms with van der Waals surface area (Å²) in [4.78, 5) is 22.3. The summed E-state index contributed by atoms with van der Waals surface area (Å²) in [5.74, 6) is -0.441. The molecule has 2 aliphatic heterocycles. The second-order valence-corrected chi connectivity index (χ2v) is 10.8. The summed E-state index contributed by atoms with van der Waals surface area (Å²) in [6.07, 6.45) is 1.72. The number of rotatable bonds is 3. The third-order valence-electron chi connectivity index (χ3n) is 7.30. The molecule has 0 spiro atoms. The molecule has 3 aromatic carbocycles. The summed E-state index contributed by atoms with van der Waals surface area (Å²) in [5.41, 5.74) is 5.08. The molecule has 0 saturated carbocycles. The molecule has 0 N–H and O–H groups in total. The molecule has 0 amide bonds. The number of hydrogen-bond acceptors (Lipinski definition) is 6. The van der Waals surface area contributed by atoms with Crippen molar-refractivity contribution >= 4 is 57.4 Å². The fourth-order valence-corrected chi connectivity index (χ4v) is 6.45. The van der Waals surface area contributed by atoms with Crippen LogP contribution in [0.4, 0.5) is 5.69 Å². The molecule has 4 aromatic rings. The van der Waals surface area contributed by atoms with E-state index in [0.29, 0.717) is 16.1 Å². The molecule has 38 heavy (non-hydrogen) atoms. The first-order chi connectivity index (χ1) is 18.3. The van der Waals surface area contributed by atoms with Crippen LogP contribution in [0.2, 0.25) is 15.1 Å². The maximum Gasteiger partial charge on any atom is 0.343 e. The molecular weight excluding hydrogens is 543 g/mol. The Morgan fingerprint density at radius 3 is 2.63 bits per heavy atom. The van der Waals surface area contributed by atoms with Crippen LogP contribution in [0.1, 0.15) is 40.0 Å². The number of nitrogens with zero attached hydrogens (tertiary/aromatic N) is 4. The molecule has 3 heterocycles. The highest BCUT2D eigenvalue weighted by Crippen LogP contribution is 2.42. The first-order valence-electron chi connectivity index (χ1n) is 12.1. The summed E-state index contributed by atoms with van der Waals surface area (Å²) in [6.45, 7) is 4.58. The van der Waals surface area contributed by atoms with Gasteiger partial charge in [-0.3, -0.25) is 9.88 Å². The van der Waals surface area contributed by atoms with Crippen LogP contribution in [-0.4, -0.2) is 35.0 Å². The minimum Gasteiger partial charge on any atom is -0.420 e. The van der Waals surface area contributed by atoms with Gasteiger partial charge in [-0.2, -0.15) is 5.26 Å². The van der Waals surface area contributed by atoms with Crippen molar-refractivity contribution in [3.8, 4) is 11.8 Å². The van der Waals surface area contributed by atoms with Crippen molar-refractivity contribution < 1.29 is 9.53 Å². The number of carbonyl (C=O) groups is 1. The van der Waals surface area contributed by atoms with Gasteiger partial charge in [-0.15, -0.1) is 0 Å². The van der Waals surface area contributed by atoms with E-state index in [4.69, 9.17) is 39.5 Å². The molecule has 6 rings (SSSR count). The van der Waals surface area contributed by atoms with E-state index < -0.39 is 5.97 Å². The van der Waals surface area contributed by atoms with Gasteiger partial charge in [-0.25, -0.2) is 4.79 Å². The molecule has 0 bridgehead atoms. The Hall–Kier alpha value is -3.34. The van der Waals surface area contributed by atoms with Crippen molar-refractivity contribution in [3.63, 3.8) is 0 Å². The maximum absolute atomic E-state index is 13.0. The van der Waals surface area contributed by atoms with Crippen molar-refractivity contribution in [1.29, 1.82) is 5.26 Å². The Balaban J connectivity index is 1.28. The van der Waals surface area contributed by atoms with E-state index in [1.807, 2.05) is 36.4 Å². The fraction of sp³-hybridized carbons (Fsp3) is 0.207. The Kier molecular flexibility index (Phi) is 6.41. The number of pyridine rings is 1. The summed E-state index contributed by atoms with van der Waals surface area (Å²) in [5, 5.41) is 11.2. The van der Waals surface area contributed by atoms with Crippen LogP contribution in [-0.2, 0) is 6.54 Å². The van der Waals surface area contributed by atoms with Gasteiger partial charge in [-0.1, -0.05) is 40.9 Å². The van der Waals surface area contributed by atoms with Gasteiger partial charge in [0.05, 0.1) is 32.7 Å². The van der Waals surface area contributed by atoms with Crippen LogP contribution in [0.15, 0.2) is 60.8 Å². The molecule has 6 nitrogen and oxygen atoms in total. The van der Waals surface area contributed by atoms with E-state index >= 15 is 0 Å². The van der Waals surface area contributed by atoms with Crippen LogP contribution >= 0.6 is 34.8 Å². The molecule has 1 saturated heterocycles. The SMILES string of the molecule is CC1CN(c2ccc(C#N)c3ncccc23)CC2c3ccc(C(=O)Oc4c(Cl)cc(Cl)cc4Cl)cc3CN12. The van der Waals surface area contributed by atoms with Crippen molar-refractivity contribution in [2.45, 2.75) is 25.6 Å². The molecule has 2 unspecified atom stereocenters. The number of halogens is 3. The number of piperazine rings is 1. The van der Waals surface area contributed by atoms with E-state index in [9.17, 15) is 10.1 Å². The van der Waals surface area contributed by atoms with E-state index in [1.165, 1.54) is 17.7 Å². The van der Waals surface area contributed by atoms with Gasteiger partial charge >= 0.3 is 5.97 Å². The second-order valence-electron chi connectivity index (χ2n) is 9.59. The molecule has 1 aromatic heterocycles.